The number of carboxylic acids is 1. The van der Waals surface area contributed by atoms with Crippen LogP contribution in [0.4, 0.5) is 4.79 Å². The van der Waals surface area contributed by atoms with Gasteiger partial charge in [-0.3, -0.25) is 0 Å². The van der Waals surface area contributed by atoms with Gasteiger partial charge >= 0.3 is 12.0 Å². The zero-order chi connectivity index (χ0) is 13.9. The van der Waals surface area contributed by atoms with Gasteiger partial charge in [0.2, 0.25) is 0 Å². The molecule has 2 N–H and O–H groups in total. The van der Waals surface area contributed by atoms with Crippen LogP contribution in [0.2, 0.25) is 0 Å². The van der Waals surface area contributed by atoms with Crippen LogP contribution in [0.25, 0.3) is 0 Å². The van der Waals surface area contributed by atoms with Crippen molar-refractivity contribution >= 4 is 12.0 Å². The third-order valence-corrected chi connectivity index (χ3v) is 3.85. The average molecular weight is 256 g/mol. The van der Waals surface area contributed by atoms with Gasteiger partial charge in [-0.05, 0) is 31.6 Å². The predicted octanol–water partition coefficient (Wildman–Crippen LogP) is 1.93. The molecule has 0 aliphatic carbocycles. The highest BCUT2D eigenvalue weighted by molar-refractivity contribution is 5.83. The van der Waals surface area contributed by atoms with Crippen LogP contribution in [0.5, 0.6) is 0 Å². The van der Waals surface area contributed by atoms with Crippen LogP contribution < -0.4 is 5.32 Å². The third-order valence-electron chi connectivity index (χ3n) is 3.85. The highest BCUT2D eigenvalue weighted by atomic mass is 16.4. The summed E-state index contributed by atoms with van der Waals surface area (Å²) in [6, 6.07) is -0.905. The van der Waals surface area contributed by atoms with Gasteiger partial charge in [-0.2, -0.15) is 0 Å². The second-order valence-electron chi connectivity index (χ2n) is 5.56. The molecule has 1 aliphatic rings. The van der Waals surface area contributed by atoms with Crippen molar-refractivity contribution in [3.63, 3.8) is 0 Å². The maximum Gasteiger partial charge on any atom is 0.326 e. The Labute approximate surface area is 109 Å². The number of nitrogens with one attached hydrogen (secondary N) is 1. The number of piperidine rings is 1. The van der Waals surface area contributed by atoms with Crippen LogP contribution in [0.3, 0.4) is 0 Å². The maximum absolute atomic E-state index is 12.1. The van der Waals surface area contributed by atoms with Gasteiger partial charge in [-0.1, -0.05) is 20.8 Å². The highest BCUT2D eigenvalue weighted by Crippen LogP contribution is 2.22. The van der Waals surface area contributed by atoms with Crippen molar-refractivity contribution in [3.8, 4) is 0 Å². The SMILES string of the molecule is CC1CCCN(C(=O)N[C@@H](C(=O)O)C(C)C)C1C. The lowest BCUT2D eigenvalue weighted by Crippen LogP contribution is -2.55. The van der Waals surface area contributed by atoms with Gasteiger partial charge in [-0.15, -0.1) is 0 Å². The molecular weight excluding hydrogens is 232 g/mol. The van der Waals surface area contributed by atoms with Crippen LogP contribution in [0.15, 0.2) is 0 Å². The number of carbonyl (C=O) groups is 2. The van der Waals surface area contributed by atoms with Gasteiger partial charge in [-0.25, -0.2) is 9.59 Å². The van der Waals surface area contributed by atoms with E-state index < -0.39 is 12.0 Å². The number of likely N-dealkylation sites (tertiary alicyclic amines) is 1. The van der Waals surface area contributed by atoms with Crippen molar-refractivity contribution in [2.75, 3.05) is 6.54 Å². The summed E-state index contributed by atoms with van der Waals surface area (Å²) in [6.07, 6.45) is 2.11. The molecule has 0 aromatic heterocycles. The van der Waals surface area contributed by atoms with E-state index in [0.717, 1.165) is 12.8 Å². The Morgan fingerprint density at radius 1 is 1.33 bits per heavy atom. The molecule has 1 rings (SSSR count). The summed E-state index contributed by atoms with van der Waals surface area (Å²) in [5, 5.41) is 11.7. The largest absolute Gasteiger partial charge is 0.480 e. The standard InChI is InChI=1S/C13H24N2O3/c1-8(2)11(12(16)17)14-13(18)15-7-5-6-9(3)10(15)4/h8-11H,5-7H2,1-4H3,(H,14,18)(H,16,17)/t9?,10?,11-/m1/s1. The van der Waals surface area contributed by atoms with Crippen LogP contribution >= 0.6 is 0 Å². The van der Waals surface area contributed by atoms with E-state index in [0.29, 0.717) is 12.5 Å². The van der Waals surface area contributed by atoms with E-state index >= 15 is 0 Å². The number of urea groups is 1. The lowest BCUT2D eigenvalue weighted by atomic mass is 9.92. The first kappa shape index (κ1) is 14.8. The molecule has 0 saturated carbocycles. The van der Waals surface area contributed by atoms with Crippen molar-refractivity contribution in [2.45, 2.75) is 52.6 Å². The Kier molecular flexibility index (Phi) is 4.99. The lowest BCUT2D eigenvalue weighted by molar-refractivity contribution is -0.140. The Hall–Kier alpha value is -1.26. The number of hydrogen-bond acceptors (Lipinski definition) is 2. The average Bonchev–Trinajstić information content (AvgIpc) is 2.28. The molecule has 0 bridgehead atoms. The zero-order valence-electron chi connectivity index (χ0n) is 11.6. The number of aliphatic carboxylic acids is 1. The molecule has 18 heavy (non-hydrogen) atoms. The highest BCUT2D eigenvalue weighted by Gasteiger charge is 2.31. The molecule has 1 heterocycles. The van der Waals surface area contributed by atoms with E-state index in [4.69, 9.17) is 5.11 Å². The summed E-state index contributed by atoms with van der Waals surface area (Å²) in [4.78, 5) is 25.0. The van der Waals surface area contributed by atoms with Gasteiger partial charge in [0.15, 0.2) is 0 Å². The van der Waals surface area contributed by atoms with Crippen LogP contribution in [-0.4, -0.2) is 40.6 Å². The molecule has 5 heteroatoms. The normalized spacial score (nSPS) is 25.9. The Balaban J connectivity index is 2.66. The fourth-order valence-electron chi connectivity index (χ4n) is 2.35. The number of amides is 2. The van der Waals surface area contributed by atoms with E-state index in [1.54, 1.807) is 18.7 Å². The minimum atomic E-state index is -0.976. The van der Waals surface area contributed by atoms with E-state index in [1.807, 2.05) is 6.92 Å². The van der Waals surface area contributed by atoms with Gasteiger partial charge in [0.25, 0.3) is 0 Å². The first-order valence-corrected chi connectivity index (χ1v) is 6.64. The van der Waals surface area contributed by atoms with Crippen LogP contribution in [0, 0.1) is 11.8 Å². The van der Waals surface area contributed by atoms with Gasteiger partial charge in [0.1, 0.15) is 6.04 Å². The summed E-state index contributed by atoms with van der Waals surface area (Å²) in [6.45, 7) is 8.44. The minimum absolute atomic E-state index is 0.121. The van der Waals surface area contributed by atoms with Crippen LogP contribution in [0.1, 0.15) is 40.5 Å². The number of hydrogen-bond donors (Lipinski definition) is 2. The Morgan fingerprint density at radius 2 is 1.94 bits per heavy atom. The molecular formula is C13H24N2O3. The molecule has 1 fully saturated rings. The fourth-order valence-corrected chi connectivity index (χ4v) is 2.35. The van der Waals surface area contributed by atoms with E-state index in [2.05, 4.69) is 12.2 Å². The second kappa shape index (κ2) is 6.07. The van der Waals surface area contributed by atoms with Gasteiger partial charge in [0.05, 0.1) is 0 Å². The zero-order valence-corrected chi connectivity index (χ0v) is 11.6. The molecule has 5 nitrogen and oxygen atoms in total. The van der Waals surface area contributed by atoms with E-state index in [9.17, 15) is 9.59 Å². The number of carboxylic acid groups (broad SMARTS) is 1. The van der Waals surface area contributed by atoms with Gasteiger partial charge < -0.3 is 15.3 Å². The smallest absolute Gasteiger partial charge is 0.326 e. The molecule has 2 unspecified atom stereocenters. The lowest BCUT2D eigenvalue weighted by Gasteiger charge is -2.38. The number of carbonyl (C=O) groups excluding carboxylic acids is 1. The summed E-state index contributed by atoms with van der Waals surface area (Å²) < 4.78 is 0. The maximum atomic E-state index is 12.1. The summed E-state index contributed by atoms with van der Waals surface area (Å²) in [7, 11) is 0. The van der Waals surface area contributed by atoms with Crippen molar-refractivity contribution in [1.82, 2.24) is 10.2 Å². The molecule has 0 radical (unpaired) electrons. The van der Waals surface area contributed by atoms with E-state index in [-0.39, 0.29) is 18.0 Å². The number of rotatable bonds is 3. The van der Waals surface area contributed by atoms with Gasteiger partial charge in [0, 0.05) is 12.6 Å². The summed E-state index contributed by atoms with van der Waals surface area (Å²) in [5.74, 6) is -0.633. The first-order chi connectivity index (χ1) is 8.34. The van der Waals surface area contributed by atoms with Crippen molar-refractivity contribution in [1.29, 1.82) is 0 Å². The second-order valence-corrected chi connectivity index (χ2v) is 5.56. The molecule has 3 atom stereocenters. The molecule has 1 aliphatic heterocycles. The summed E-state index contributed by atoms with van der Waals surface area (Å²) >= 11 is 0. The topological polar surface area (TPSA) is 69.6 Å². The predicted molar refractivity (Wildman–Crippen MR) is 69.4 cm³/mol. The van der Waals surface area contributed by atoms with Crippen molar-refractivity contribution in [2.24, 2.45) is 11.8 Å². The van der Waals surface area contributed by atoms with Crippen molar-refractivity contribution in [3.05, 3.63) is 0 Å². The first-order valence-electron chi connectivity index (χ1n) is 6.64. The van der Waals surface area contributed by atoms with E-state index in [1.165, 1.54) is 0 Å². The fraction of sp³-hybridized carbons (Fsp3) is 0.846. The van der Waals surface area contributed by atoms with Crippen LogP contribution in [-0.2, 0) is 4.79 Å². The monoisotopic (exact) mass is 256 g/mol. The number of nitrogens with zero attached hydrogens (tertiary/aromatic N) is 1. The minimum Gasteiger partial charge on any atom is -0.480 e. The third kappa shape index (κ3) is 3.37. The Morgan fingerprint density at radius 3 is 2.44 bits per heavy atom. The molecule has 0 spiro atoms. The molecule has 1 saturated heterocycles. The molecule has 104 valence electrons. The molecule has 0 aromatic rings. The quantitative estimate of drug-likeness (QED) is 0.810. The van der Waals surface area contributed by atoms with Crippen molar-refractivity contribution < 1.29 is 14.7 Å². The Bertz CT molecular complexity index is 317. The molecule has 2 amide bonds. The summed E-state index contributed by atoms with van der Waals surface area (Å²) in [5.41, 5.74) is 0. The molecule has 0 aromatic carbocycles.